The van der Waals surface area contributed by atoms with Gasteiger partial charge in [-0.25, -0.2) is 13.9 Å². The van der Waals surface area contributed by atoms with Crippen molar-refractivity contribution in [2.45, 2.75) is 44.4 Å². The fourth-order valence-electron chi connectivity index (χ4n) is 5.54. The summed E-state index contributed by atoms with van der Waals surface area (Å²) >= 11 is 0. The molecular formula is C32H34FN3O4. The number of hydrogen-bond donors (Lipinski definition) is 1. The van der Waals surface area contributed by atoms with Crippen molar-refractivity contribution in [3.8, 4) is 5.69 Å². The number of esters is 1. The molecule has 0 saturated heterocycles. The standard InChI is InChI=1S/C32H34FN3O4/c1-4-35(19-21-9-7-6-8-10-21)24-15-11-22(12-16-24)27-30(37)28(31(27)39-3)26-20-36(25-17-13-23(33)14-18-25)34-29(26)32(38)40-5-2/h6-18,20,27-28,30-31,37H,4-5,19H2,1-3H3. The molecule has 0 amide bonds. The summed E-state index contributed by atoms with van der Waals surface area (Å²) in [4.78, 5) is 15.1. The molecule has 1 aromatic heterocycles. The van der Waals surface area contributed by atoms with Gasteiger partial charge in [0.15, 0.2) is 5.69 Å². The average molecular weight is 544 g/mol. The lowest BCUT2D eigenvalue weighted by atomic mass is 9.63. The lowest BCUT2D eigenvalue weighted by Gasteiger charge is -2.48. The van der Waals surface area contributed by atoms with E-state index in [0.29, 0.717) is 11.3 Å². The van der Waals surface area contributed by atoms with Gasteiger partial charge in [-0.15, -0.1) is 0 Å². The molecule has 1 N–H and O–H groups in total. The lowest BCUT2D eigenvalue weighted by Crippen LogP contribution is -2.53. The van der Waals surface area contributed by atoms with Gasteiger partial charge in [0, 0.05) is 49.5 Å². The maximum absolute atomic E-state index is 13.5. The minimum absolute atomic E-state index is 0.116. The minimum Gasteiger partial charge on any atom is -0.461 e. The van der Waals surface area contributed by atoms with Gasteiger partial charge in [0.05, 0.1) is 24.5 Å². The van der Waals surface area contributed by atoms with Crippen LogP contribution in [0.4, 0.5) is 10.1 Å². The molecule has 7 nitrogen and oxygen atoms in total. The number of aromatic nitrogens is 2. The van der Waals surface area contributed by atoms with Gasteiger partial charge in [-0.1, -0.05) is 42.5 Å². The molecule has 1 saturated carbocycles. The van der Waals surface area contributed by atoms with Crippen molar-refractivity contribution in [1.82, 2.24) is 9.78 Å². The smallest absolute Gasteiger partial charge is 0.359 e. The Labute approximate surface area is 233 Å². The van der Waals surface area contributed by atoms with Crippen LogP contribution in [0.1, 0.15) is 52.9 Å². The van der Waals surface area contributed by atoms with Gasteiger partial charge in [-0.2, -0.15) is 5.10 Å². The van der Waals surface area contributed by atoms with E-state index in [-0.39, 0.29) is 30.1 Å². The molecule has 0 radical (unpaired) electrons. The molecule has 4 aromatic rings. The summed E-state index contributed by atoms with van der Waals surface area (Å²) < 4.78 is 26.1. The van der Waals surface area contributed by atoms with Crippen molar-refractivity contribution < 1.29 is 23.8 Å². The van der Waals surface area contributed by atoms with Crippen molar-refractivity contribution in [2.75, 3.05) is 25.2 Å². The summed E-state index contributed by atoms with van der Waals surface area (Å²) in [7, 11) is 1.61. The van der Waals surface area contributed by atoms with Gasteiger partial charge < -0.3 is 19.5 Å². The van der Waals surface area contributed by atoms with Crippen LogP contribution in [0.5, 0.6) is 0 Å². The number of rotatable bonds is 10. The maximum atomic E-state index is 13.5. The second-order valence-electron chi connectivity index (χ2n) is 9.91. The fraction of sp³-hybridized carbons (Fsp3) is 0.312. The number of aliphatic hydroxyl groups is 1. The zero-order valence-corrected chi connectivity index (χ0v) is 22.9. The van der Waals surface area contributed by atoms with Crippen molar-refractivity contribution in [1.29, 1.82) is 0 Å². The Hall–Kier alpha value is -4.01. The molecule has 208 valence electrons. The van der Waals surface area contributed by atoms with E-state index in [9.17, 15) is 14.3 Å². The molecule has 1 aliphatic rings. The van der Waals surface area contributed by atoms with E-state index >= 15 is 0 Å². The Morgan fingerprint density at radius 3 is 2.33 bits per heavy atom. The molecule has 0 aliphatic heterocycles. The van der Waals surface area contributed by atoms with Crippen LogP contribution in [0.25, 0.3) is 5.69 Å². The normalized spacial score (nSPS) is 20.1. The average Bonchev–Trinajstić information content (AvgIpc) is 3.40. The summed E-state index contributed by atoms with van der Waals surface area (Å²) in [5.41, 5.74) is 4.53. The molecule has 0 spiro atoms. The van der Waals surface area contributed by atoms with Crippen LogP contribution in [0.15, 0.2) is 85.1 Å². The second kappa shape index (κ2) is 12.0. The van der Waals surface area contributed by atoms with Gasteiger partial charge >= 0.3 is 5.97 Å². The SMILES string of the molecule is CCOC(=O)c1nn(-c2ccc(F)cc2)cc1C1C(O)C(c2ccc(N(CC)Cc3ccccc3)cc2)C1OC. The summed E-state index contributed by atoms with van der Waals surface area (Å²) in [5.74, 6) is -1.72. The van der Waals surface area contributed by atoms with Crippen LogP contribution in [-0.4, -0.2) is 53.3 Å². The Kier molecular flexibility index (Phi) is 8.28. The molecule has 4 unspecified atom stereocenters. The van der Waals surface area contributed by atoms with E-state index in [1.807, 2.05) is 30.3 Å². The Bertz CT molecular complexity index is 1420. The third-order valence-electron chi connectivity index (χ3n) is 7.62. The summed E-state index contributed by atoms with van der Waals surface area (Å²) in [6.07, 6.45) is 0.509. The molecular weight excluding hydrogens is 509 g/mol. The molecule has 8 heteroatoms. The number of ether oxygens (including phenoxy) is 2. The number of nitrogens with zero attached hydrogens (tertiary/aromatic N) is 3. The number of carbonyl (C=O) groups is 1. The van der Waals surface area contributed by atoms with Crippen molar-refractivity contribution in [3.05, 3.63) is 113 Å². The summed E-state index contributed by atoms with van der Waals surface area (Å²) in [6.45, 7) is 5.71. The second-order valence-corrected chi connectivity index (χ2v) is 9.91. The predicted molar refractivity (Wildman–Crippen MR) is 151 cm³/mol. The van der Waals surface area contributed by atoms with E-state index in [1.165, 1.54) is 22.4 Å². The zero-order valence-electron chi connectivity index (χ0n) is 22.9. The van der Waals surface area contributed by atoms with Gasteiger partial charge in [0.25, 0.3) is 0 Å². The monoisotopic (exact) mass is 543 g/mol. The van der Waals surface area contributed by atoms with Gasteiger partial charge in [0.2, 0.25) is 0 Å². The van der Waals surface area contributed by atoms with Crippen molar-refractivity contribution in [2.24, 2.45) is 0 Å². The van der Waals surface area contributed by atoms with Crippen LogP contribution in [0, 0.1) is 5.82 Å². The number of carbonyl (C=O) groups excluding carboxylic acids is 1. The highest BCUT2D eigenvalue weighted by molar-refractivity contribution is 5.89. The molecule has 0 bridgehead atoms. The topological polar surface area (TPSA) is 76.8 Å². The highest BCUT2D eigenvalue weighted by Crippen LogP contribution is 2.50. The molecule has 1 aliphatic carbocycles. The van der Waals surface area contributed by atoms with Crippen molar-refractivity contribution in [3.63, 3.8) is 0 Å². The molecule has 5 rings (SSSR count). The first kappa shape index (κ1) is 27.6. The molecule has 1 heterocycles. The molecule has 3 aromatic carbocycles. The van der Waals surface area contributed by atoms with E-state index in [0.717, 1.165) is 24.3 Å². The number of halogens is 1. The van der Waals surface area contributed by atoms with Crippen LogP contribution < -0.4 is 4.90 Å². The molecule has 40 heavy (non-hydrogen) atoms. The van der Waals surface area contributed by atoms with E-state index < -0.39 is 18.0 Å². The van der Waals surface area contributed by atoms with Gasteiger partial charge in [0.1, 0.15) is 5.82 Å². The third kappa shape index (κ3) is 5.37. The number of hydrogen-bond acceptors (Lipinski definition) is 6. The summed E-state index contributed by atoms with van der Waals surface area (Å²) in [5, 5.41) is 15.9. The van der Waals surface area contributed by atoms with Gasteiger partial charge in [-0.05, 0) is 61.4 Å². The van der Waals surface area contributed by atoms with Gasteiger partial charge in [-0.3, -0.25) is 0 Å². The number of anilines is 1. The quantitative estimate of drug-likeness (QED) is 0.267. The highest BCUT2D eigenvalue weighted by atomic mass is 19.1. The fourth-order valence-corrected chi connectivity index (χ4v) is 5.54. The van der Waals surface area contributed by atoms with Crippen LogP contribution in [-0.2, 0) is 16.0 Å². The number of aliphatic hydroxyl groups excluding tert-OH is 1. The largest absolute Gasteiger partial charge is 0.461 e. The first-order valence-corrected chi connectivity index (χ1v) is 13.6. The molecule has 4 atom stereocenters. The third-order valence-corrected chi connectivity index (χ3v) is 7.62. The minimum atomic E-state index is -0.804. The van der Waals surface area contributed by atoms with E-state index in [2.05, 4.69) is 41.2 Å². The van der Waals surface area contributed by atoms with Crippen LogP contribution in [0.3, 0.4) is 0 Å². The Morgan fingerprint density at radius 2 is 1.70 bits per heavy atom. The maximum Gasteiger partial charge on any atom is 0.359 e. The first-order valence-electron chi connectivity index (χ1n) is 13.6. The lowest BCUT2D eigenvalue weighted by molar-refractivity contribution is -0.0988. The van der Waals surface area contributed by atoms with Crippen LogP contribution >= 0.6 is 0 Å². The number of methoxy groups -OCH3 is 1. The van der Waals surface area contributed by atoms with E-state index in [1.54, 1.807) is 32.4 Å². The zero-order chi connectivity index (χ0) is 28.2. The predicted octanol–water partition coefficient (Wildman–Crippen LogP) is 5.47. The highest BCUT2D eigenvalue weighted by Gasteiger charge is 2.53. The Balaban J connectivity index is 1.40. The van der Waals surface area contributed by atoms with Crippen molar-refractivity contribution >= 4 is 11.7 Å². The summed E-state index contributed by atoms with van der Waals surface area (Å²) in [6, 6.07) is 24.4. The van der Waals surface area contributed by atoms with E-state index in [4.69, 9.17) is 9.47 Å². The number of benzene rings is 3. The Morgan fingerprint density at radius 1 is 1.00 bits per heavy atom. The molecule has 1 fully saturated rings. The van der Waals surface area contributed by atoms with Crippen LogP contribution in [0.2, 0.25) is 0 Å². The first-order chi connectivity index (χ1) is 19.4.